The number of hydroxylamine groups is 2. The number of hydrogen-bond acceptors (Lipinski definition) is 9. The van der Waals surface area contributed by atoms with E-state index in [9.17, 15) is 24.3 Å². The van der Waals surface area contributed by atoms with E-state index in [0.29, 0.717) is 29.9 Å². The van der Waals surface area contributed by atoms with Gasteiger partial charge in [-0.25, -0.2) is 4.79 Å². The van der Waals surface area contributed by atoms with Gasteiger partial charge < -0.3 is 29.1 Å². The number of amides is 2. The summed E-state index contributed by atoms with van der Waals surface area (Å²) in [7, 11) is 0. The molecular formula is C33H36N2O9. The van der Waals surface area contributed by atoms with Crippen molar-refractivity contribution in [2.75, 3.05) is 6.61 Å². The van der Waals surface area contributed by atoms with Crippen LogP contribution in [0, 0.1) is 11.3 Å². The number of ketones is 1. The fourth-order valence-electron chi connectivity index (χ4n) is 9.54. The van der Waals surface area contributed by atoms with Gasteiger partial charge in [0.2, 0.25) is 0 Å². The highest BCUT2D eigenvalue weighted by atomic mass is 16.8. The Kier molecular flexibility index (Phi) is 5.53. The first-order valence-electron chi connectivity index (χ1n) is 15.4. The van der Waals surface area contributed by atoms with Crippen molar-refractivity contribution in [3.05, 3.63) is 47.2 Å². The van der Waals surface area contributed by atoms with Crippen molar-refractivity contribution in [2.24, 2.45) is 11.3 Å². The van der Waals surface area contributed by atoms with E-state index in [0.717, 1.165) is 23.0 Å². The highest BCUT2D eigenvalue weighted by Gasteiger charge is 2.78. The average molecular weight is 605 g/mol. The molecule has 1 aromatic carbocycles. The largest absolute Gasteiger partial charge is 0.382 e. The van der Waals surface area contributed by atoms with E-state index >= 15 is 0 Å². The molecule has 2 aromatic rings. The Morgan fingerprint density at radius 3 is 2.57 bits per heavy atom. The summed E-state index contributed by atoms with van der Waals surface area (Å²) in [4.78, 5) is 59.2. The van der Waals surface area contributed by atoms with E-state index in [4.69, 9.17) is 19.0 Å². The van der Waals surface area contributed by atoms with Crippen LogP contribution in [0.2, 0.25) is 0 Å². The number of benzene rings is 1. The van der Waals surface area contributed by atoms with Crippen LogP contribution in [-0.2, 0) is 50.1 Å². The number of aromatic nitrogens is 1. The molecule has 2 saturated carbocycles. The molecule has 11 heteroatoms. The zero-order valence-electron chi connectivity index (χ0n) is 25.2. The second-order valence-electron chi connectivity index (χ2n) is 14.2. The summed E-state index contributed by atoms with van der Waals surface area (Å²) >= 11 is 0. The summed E-state index contributed by atoms with van der Waals surface area (Å²) in [5, 5.41) is 14.9. The van der Waals surface area contributed by atoms with Gasteiger partial charge in [-0.05, 0) is 56.7 Å². The molecule has 44 heavy (non-hydrogen) atoms. The first-order valence-corrected chi connectivity index (χ1v) is 15.4. The maximum Gasteiger partial charge on any atom is 0.358 e. The number of imide groups is 1. The fourth-order valence-corrected chi connectivity index (χ4v) is 9.54. The van der Waals surface area contributed by atoms with Crippen molar-refractivity contribution in [1.29, 1.82) is 0 Å². The number of carbonyl (C=O) groups excluding carboxylic acids is 4. The number of carbonyl (C=O) groups is 4. The van der Waals surface area contributed by atoms with Gasteiger partial charge in [-0.15, -0.1) is 5.06 Å². The molecule has 0 radical (unpaired) electrons. The predicted molar refractivity (Wildman–Crippen MR) is 153 cm³/mol. The van der Waals surface area contributed by atoms with Crippen molar-refractivity contribution in [3.8, 4) is 0 Å². The number of H-pyrrole nitrogens is 1. The van der Waals surface area contributed by atoms with Crippen molar-refractivity contribution >= 4 is 34.5 Å². The average Bonchev–Trinajstić information content (AvgIpc) is 3.66. The van der Waals surface area contributed by atoms with Crippen LogP contribution < -0.4 is 0 Å². The minimum Gasteiger partial charge on any atom is -0.382 e. The van der Waals surface area contributed by atoms with Gasteiger partial charge in [0.25, 0.3) is 11.8 Å². The minimum absolute atomic E-state index is 0.0234. The Morgan fingerprint density at radius 1 is 1.09 bits per heavy atom. The maximum absolute atomic E-state index is 13.5. The van der Waals surface area contributed by atoms with Crippen LogP contribution in [0.5, 0.6) is 0 Å². The number of para-hydroxylation sites is 1. The topological polar surface area (TPSA) is 144 Å². The Labute approximate surface area is 253 Å². The molecule has 11 nitrogen and oxygen atoms in total. The van der Waals surface area contributed by atoms with Crippen LogP contribution in [0.3, 0.4) is 0 Å². The van der Waals surface area contributed by atoms with Crippen LogP contribution >= 0.6 is 0 Å². The summed E-state index contributed by atoms with van der Waals surface area (Å²) in [5.74, 6) is -3.68. The van der Waals surface area contributed by atoms with Gasteiger partial charge >= 0.3 is 5.97 Å². The molecule has 1 aromatic heterocycles. The van der Waals surface area contributed by atoms with E-state index in [1.165, 1.54) is 11.6 Å². The minimum atomic E-state index is -1.80. The molecule has 232 valence electrons. The Hall–Kier alpha value is -3.38. The molecule has 3 aliphatic carbocycles. The summed E-state index contributed by atoms with van der Waals surface area (Å²) in [5.41, 5.74) is -0.551. The van der Waals surface area contributed by atoms with E-state index in [1.807, 2.05) is 32.9 Å². The molecule has 4 heterocycles. The number of aromatic amines is 1. The van der Waals surface area contributed by atoms with Crippen molar-refractivity contribution in [2.45, 2.75) is 101 Å². The lowest BCUT2D eigenvalue weighted by Crippen LogP contribution is -2.74. The number of aliphatic hydroxyl groups is 1. The van der Waals surface area contributed by atoms with E-state index in [-0.39, 0.29) is 24.5 Å². The standard InChI is InChI=1S/C33H36N2O9/c1-29(2)28-21(36)15-22-32(42-28,44-29)12-11-30(3)31(4)17(13-19-18-7-5-6-8-20(18)34-27(19)31)14-23(33(22,30)40)41-16-26(39)43-35-24(37)9-10-25(35)38/h5-8,15,17,23,28,34,40H,9-14,16H2,1-4H3/t17-,23+,28+,30?,31-,32+,33+/m1/s1. The molecule has 2 bridgehead atoms. The highest BCUT2D eigenvalue weighted by molar-refractivity contribution is 6.01. The lowest BCUT2D eigenvalue weighted by Gasteiger charge is -2.67. The molecule has 6 aliphatic rings. The van der Waals surface area contributed by atoms with E-state index in [2.05, 4.69) is 24.0 Å². The van der Waals surface area contributed by atoms with Crippen LogP contribution in [0.1, 0.15) is 71.1 Å². The van der Waals surface area contributed by atoms with Crippen LogP contribution in [0.15, 0.2) is 35.9 Å². The molecule has 2 N–H and O–H groups in total. The Morgan fingerprint density at radius 2 is 1.82 bits per heavy atom. The maximum atomic E-state index is 13.5. The Bertz CT molecular complexity index is 1690. The third kappa shape index (κ3) is 3.25. The van der Waals surface area contributed by atoms with Gasteiger partial charge in [0, 0.05) is 52.3 Å². The van der Waals surface area contributed by atoms with Crippen molar-refractivity contribution in [3.63, 3.8) is 0 Å². The molecule has 7 atom stereocenters. The third-order valence-corrected chi connectivity index (χ3v) is 11.8. The zero-order chi connectivity index (χ0) is 31.0. The van der Waals surface area contributed by atoms with Crippen molar-refractivity contribution in [1.82, 2.24) is 10.0 Å². The third-order valence-electron chi connectivity index (χ3n) is 11.8. The number of rotatable bonds is 4. The summed E-state index contributed by atoms with van der Waals surface area (Å²) in [6.07, 6.45) is 1.70. The lowest BCUT2D eigenvalue weighted by atomic mass is 9.41. The van der Waals surface area contributed by atoms with Gasteiger partial charge in [-0.3, -0.25) is 14.4 Å². The molecule has 1 unspecified atom stereocenters. The van der Waals surface area contributed by atoms with Crippen LogP contribution in [-0.4, -0.2) is 74.5 Å². The number of hydrogen-bond donors (Lipinski definition) is 2. The number of nitrogens with zero attached hydrogens (tertiary/aromatic N) is 1. The second-order valence-corrected chi connectivity index (χ2v) is 14.2. The van der Waals surface area contributed by atoms with Crippen LogP contribution in [0.25, 0.3) is 10.9 Å². The summed E-state index contributed by atoms with van der Waals surface area (Å²) in [6, 6.07) is 8.17. The number of ether oxygens (including phenoxy) is 3. The second kappa shape index (κ2) is 8.66. The first-order chi connectivity index (χ1) is 20.7. The highest BCUT2D eigenvalue weighted by Crippen LogP contribution is 2.72. The summed E-state index contributed by atoms with van der Waals surface area (Å²) < 4.78 is 19.2. The molecule has 1 spiro atoms. The molecule has 3 aliphatic heterocycles. The van der Waals surface area contributed by atoms with Crippen molar-refractivity contribution < 1.29 is 43.3 Å². The van der Waals surface area contributed by atoms with Gasteiger partial charge in [-0.2, -0.15) is 0 Å². The quantitative estimate of drug-likeness (QED) is 0.504. The zero-order valence-corrected chi connectivity index (χ0v) is 25.2. The summed E-state index contributed by atoms with van der Waals surface area (Å²) in [6.45, 7) is 7.25. The number of nitrogens with one attached hydrogen (secondary N) is 1. The molecular weight excluding hydrogens is 568 g/mol. The molecule has 4 fully saturated rings. The fraction of sp³-hybridized carbons (Fsp3) is 0.576. The van der Waals surface area contributed by atoms with Gasteiger partial charge in [0.05, 0.1) is 6.10 Å². The normalized spacial score (nSPS) is 40.0. The lowest BCUT2D eigenvalue weighted by molar-refractivity contribution is -0.281. The first kappa shape index (κ1) is 28.1. The monoisotopic (exact) mass is 604 g/mol. The van der Waals surface area contributed by atoms with E-state index < -0.39 is 64.4 Å². The Balaban J connectivity index is 1.22. The molecule has 2 saturated heterocycles. The SMILES string of the molecule is CC1(C)O[C@@]23CCC4(C)[C@@]5(C)c6[nH]c7ccccc7c6C[C@@H]5C[C@H](OCC(=O)ON5C(=O)CCC5=O)[C@@]4(O)C2=CC(=O)[C@@H]1O3. The molecule has 8 rings (SSSR count). The van der Waals surface area contributed by atoms with E-state index in [1.54, 1.807) is 0 Å². The van der Waals surface area contributed by atoms with Crippen LogP contribution in [0.4, 0.5) is 0 Å². The predicted octanol–water partition coefficient (Wildman–Crippen LogP) is 2.92. The van der Waals surface area contributed by atoms with Gasteiger partial charge in [0.15, 0.2) is 17.7 Å². The smallest absolute Gasteiger partial charge is 0.358 e. The number of fused-ring (bicyclic) bond motifs is 9. The van der Waals surface area contributed by atoms with Gasteiger partial charge in [-0.1, -0.05) is 32.0 Å². The molecule has 2 amide bonds. The van der Waals surface area contributed by atoms with Gasteiger partial charge in [0.1, 0.15) is 17.8 Å².